The molecule has 1 fully saturated rings. The van der Waals surface area contributed by atoms with Gasteiger partial charge in [0.2, 0.25) is 11.8 Å². The summed E-state index contributed by atoms with van der Waals surface area (Å²) in [5.41, 5.74) is 0.853. The highest BCUT2D eigenvalue weighted by atomic mass is 16.6. The summed E-state index contributed by atoms with van der Waals surface area (Å²) >= 11 is 0. The molecule has 3 unspecified atom stereocenters. The molecule has 1 saturated carbocycles. The molecule has 0 aliphatic heterocycles. The smallest absolute Gasteiger partial charge is 0.408 e. The molecule has 0 radical (unpaired) electrons. The van der Waals surface area contributed by atoms with Crippen LogP contribution < -0.4 is 10.6 Å². The number of nitrogens with zero attached hydrogens (tertiary/aromatic N) is 1. The second-order valence-corrected chi connectivity index (χ2v) is 10.9. The molecule has 0 aromatic heterocycles. The molecule has 0 bridgehead atoms. The van der Waals surface area contributed by atoms with Gasteiger partial charge in [0.25, 0.3) is 0 Å². The maximum atomic E-state index is 14.0. The second-order valence-electron chi connectivity index (χ2n) is 10.9. The van der Waals surface area contributed by atoms with Crippen molar-refractivity contribution in [2.24, 2.45) is 5.92 Å². The summed E-state index contributed by atoms with van der Waals surface area (Å²) < 4.78 is 5.42. The Bertz CT molecular complexity index is 876. The second kappa shape index (κ2) is 13.6. The van der Waals surface area contributed by atoms with E-state index >= 15 is 0 Å². The van der Waals surface area contributed by atoms with Crippen molar-refractivity contribution in [3.05, 3.63) is 35.4 Å². The van der Waals surface area contributed by atoms with E-state index in [2.05, 4.69) is 10.6 Å². The van der Waals surface area contributed by atoms with Gasteiger partial charge in [-0.2, -0.15) is 0 Å². The Morgan fingerprint density at radius 3 is 2.33 bits per heavy atom. The van der Waals surface area contributed by atoms with Crippen LogP contribution in [0.4, 0.5) is 4.79 Å². The molecule has 202 valence electrons. The number of carbonyl (C=O) groups is 3. The molecule has 3 atom stereocenters. The molecule has 1 aliphatic carbocycles. The lowest BCUT2D eigenvalue weighted by atomic mass is 9.92. The minimum absolute atomic E-state index is 0.0428. The third-order valence-electron chi connectivity index (χ3n) is 6.77. The number of amides is 3. The van der Waals surface area contributed by atoms with Gasteiger partial charge in [0, 0.05) is 12.6 Å². The molecule has 8 heteroatoms. The number of carbonyl (C=O) groups excluding carboxylic acids is 3. The van der Waals surface area contributed by atoms with Crippen molar-refractivity contribution in [2.45, 2.75) is 104 Å². The first-order valence-corrected chi connectivity index (χ1v) is 13.2. The van der Waals surface area contributed by atoms with Gasteiger partial charge in [-0.05, 0) is 57.6 Å². The first-order chi connectivity index (χ1) is 17.0. The number of nitrogens with one attached hydrogen (secondary N) is 2. The summed E-state index contributed by atoms with van der Waals surface area (Å²) in [6, 6.07) is 5.70. The summed E-state index contributed by atoms with van der Waals surface area (Å²) in [6.07, 6.45) is 5.05. The zero-order valence-corrected chi connectivity index (χ0v) is 22.8. The number of hydrogen-bond acceptors (Lipinski definition) is 5. The molecule has 36 heavy (non-hydrogen) atoms. The fourth-order valence-electron chi connectivity index (χ4n) is 4.64. The number of ether oxygens (including phenoxy) is 1. The Labute approximate surface area is 216 Å². The monoisotopic (exact) mass is 503 g/mol. The molecule has 1 aliphatic rings. The molecule has 3 N–H and O–H groups in total. The third-order valence-corrected chi connectivity index (χ3v) is 6.77. The molecule has 3 amide bonds. The van der Waals surface area contributed by atoms with Crippen LogP contribution in [0, 0.1) is 12.8 Å². The van der Waals surface area contributed by atoms with Crippen molar-refractivity contribution in [3.63, 3.8) is 0 Å². The van der Waals surface area contributed by atoms with Crippen molar-refractivity contribution in [1.29, 1.82) is 0 Å². The van der Waals surface area contributed by atoms with E-state index in [-0.39, 0.29) is 31.0 Å². The SMILES string of the molecule is CCC(C)C(NC(=O)OC(C)(C)C)C(=O)N(CCO)C(C(=O)NC1CCCCC1)c1ccccc1C. The average molecular weight is 504 g/mol. The van der Waals surface area contributed by atoms with Crippen molar-refractivity contribution >= 4 is 17.9 Å². The standard InChI is InChI=1S/C28H45N3O5/c1-7-19(2)23(30-27(35)36-28(4,5)6)26(34)31(17-18-32)24(22-16-12-11-13-20(22)3)25(33)29-21-14-9-8-10-15-21/h11-13,16,19,21,23-24,32H,7-10,14-15,17-18H2,1-6H3,(H,29,33)(H,30,35). The lowest BCUT2D eigenvalue weighted by Gasteiger charge is -2.37. The zero-order valence-electron chi connectivity index (χ0n) is 22.8. The van der Waals surface area contributed by atoms with Crippen LogP contribution in [-0.4, -0.2) is 58.8 Å². The highest BCUT2D eigenvalue weighted by molar-refractivity contribution is 5.92. The van der Waals surface area contributed by atoms with E-state index in [1.807, 2.05) is 45.0 Å². The fourth-order valence-corrected chi connectivity index (χ4v) is 4.64. The number of alkyl carbamates (subject to hydrolysis) is 1. The molecular formula is C28H45N3O5. The lowest BCUT2D eigenvalue weighted by molar-refractivity contribution is -0.144. The normalized spacial score (nSPS) is 17.0. The number of aliphatic hydroxyl groups is 1. The quantitative estimate of drug-likeness (QED) is 0.443. The van der Waals surface area contributed by atoms with Crippen LogP contribution in [0.25, 0.3) is 0 Å². The number of hydrogen-bond donors (Lipinski definition) is 3. The molecule has 1 aromatic rings. The Balaban J connectivity index is 2.44. The van der Waals surface area contributed by atoms with Crippen molar-refractivity contribution in [3.8, 4) is 0 Å². The molecule has 0 heterocycles. The summed E-state index contributed by atoms with van der Waals surface area (Å²) in [4.78, 5) is 41.8. The first-order valence-electron chi connectivity index (χ1n) is 13.2. The topological polar surface area (TPSA) is 108 Å². The highest BCUT2D eigenvalue weighted by Gasteiger charge is 2.39. The van der Waals surface area contributed by atoms with Crippen LogP contribution in [-0.2, 0) is 14.3 Å². The van der Waals surface area contributed by atoms with Crippen LogP contribution in [0.1, 0.15) is 90.3 Å². The first kappa shape index (κ1) is 29.6. The zero-order chi connectivity index (χ0) is 26.9. The van der Waals surface area contributed by atoms with Crippen molar-refractivity contribution < 1.29 is 24.2 Å². The Morgan fingerprint density at radius 1 is 1.14 bits per heavy atom. The summed E-state index contributed by atoms with van der Waals surface area (Å²) in [5.74, 6) is -0.903. The van der Waals surface area contributed by atoms with Gasteiger partial charge in [-0.25, -0.2) is 4.79 Å². The van der Waals surface area contributed by atoms with Crippen LogP contribution in [0.5, 0.6) is 0 Å². The molecule has 2 rings (SSSR count). The van der Waals surface area contributed by atoms with E-state index in [9.17, 15) is 19.5 Å². The predicted molar refractivity (Wildman–Crippen MR) is 140 cm³/mol. The largest absolute Gasteiger partial charge is 0.444 e. The van der Waals surface area contributed by atoms with E-state index in [0.717, 1.165) is 37.7 Å². The number of aryl methyl sites for hydroxylation is 1. The van der Waals surface area contributed by atoms with E-state index in [1.54, 1.807) is 20.8 Å². The van der Waals surface area contributed by atoms with Gasteiger partial charge < -0.3 is 25.4 Å². The summed E-state index contributed by atoms with van der Waals surface area (Å²) in [5, 5.41) is 15.8. The Morgan fingerprint density at radius 2 is 1.78 bits per heavy atom. The van der Waals surface area contributed by atoms with Gasteiger partial charge >= 0.3 is 6.09 Å². The summed E-state index contributed by atoms with van der Waals surface area (Å²) in [6.45, 7) is 10.6. The average Bonchev–Trinajstić information content (AvgIpc) is 2.82. The maximum Gasteiger partial charge on any atom is 0.408 e. The van der Waals surface area contributed by atoms with E-state index < -0.39 is 29.7 Å². The molecule has 1 aromatic carbocycles. The Hall–Kier alpha value is -2.61. The van der Waals surface area contributed by atoms with Crippen LogP contribution in [0.15, 0.2) is 24.3 Å². The Kier molecular flexibility index (Phi) is 11.2. The highest BCUT2D eigenvalue weighted by Crippen LogP contribution is 2.28. The van der Waals surface area contributed by atoms with E-state index in [4.69, 9.17) is 4.74 Å². The van der Waals surface area contributed by atoms with Gasteiger partial charge in [0.05, 0.1) is 6.61 Å². The van der Waals surface area contributed by atoms with E-state index in [0.29, 0.717) is 12.0 Å². The summed E-state index contributed by atoms with van der Waals surface area (Å²) in [7, 11) is 0. The lowest BCUT2D eigenvalue weighted by Crippen LogP contribution is -2.56. The molecular weight excluding hydrogens is 458 g/mol. The van der Waals surface area contributed by atoms with Gasteiger partial charge in [0.1, 0.15) is 17.7 Å². The third kappa shape index (κ3) is 8.50. The van der Waals surface area contributed by atoms with Gasteiger partial charge in [-0.15, -0.1) is 0 Å². The van der Waals surface area contributed by atoms with Crippen LogP contribution >= 0.6 is 0 Å². The predicted octanol–water partition coefficient (Wildman–Crippen LogP) is 4.25. The number of aliphatic hydroxyl groups excluding tert-OH is 1. The molecule has 8 nitrogen and oxygen atoms in total. The van der Waals surface area contributed by atoms with E-state index in [1.165, 1.54) is 4.90 Å². The molecule has 0 saturated heterocycles. The van der Waals surface area contributed by atoms with Crippen LogP contribution in [0.2, 0.25) is 0 Å². The van der Waals surface area contributed by atoms with Gasteiger partial charge in [0.15, 0.2) is 0 Å². The van der Waals surface area contributed by atoms with Crippen molar-refractivity contribution in [1.82, 2.24) is 15.5 Å². The van der Waals surface area contributed by atoms with Crippen LogP contribution in [0.3, 0.4) is 0 Å². The van der Waals surface area contributed by atoms with Gasteiger partial charge in [-0.1, -0.05) is 63.8 Å². The minimum atomic E-state index is -0.931. The maximum absolute atomic E-state index is 14.0. The minimum Gasteiger partial charge on any atom is -0.444 e. The number of benzene rings is 1. The fraction of sp³-hybridized carbons (Fsp3) is 0.679. The molecule has 0 spiro atoms. The van der Waals surface area contributed by atoms with Crippen molar-refractivity contribution in [2.75, 3.05) is 13.2 Å². The number of rotatable bonds is 10. The van der Waals surface area contributed by atoms with Gasteiger partial charge in [-0.3, -0.25) is 9.59 Å².